The Morgan fingerprint density at radius 3 is 2.09 bits per heavy atom. The molecule has 0 radical (unpaired) electrons. The molecule has 0 aliphatic rings. The minimum Gasteiger partial charge on any atom is -0.494 e. The number of ether oxygens (including phenoxy) is 3. The summed E-state index contributed by atoms with van der Waals surface area (Å²) in [6.07, 6.45) is -0.443. The number of halogens is 3. The van der Waals surface area contributed by atoms with E-state index in [1.54, 1.807) is 0 Å². The molecule has 0 heterocycles. The van der Waals surface area contributed by atoms with Gasteiger partial charge in [0.25, 0.3) is 0 Å². The third-order valence-corrected chi connectivity index (χ3v) is 8.93. The van der Waals surface area contributed by atoms with Crippen LogP contribution < -0.4 is 9.47 Å². The number of esters is 1. The molecule has 0 amide bonds. The van der Waals surface area contributed by atoms with Crippen molar-refractivity contribution in [2.75, 3.05) is 30.6 Å². The van der Waals surface area contributed by atoms with Gasteiger partial charge in [-0.15, -0.1) is 11.6 Å². The van der Waals surface area contributed by atoms with Crippen LogP contribution in [-0.2, 0) is 29.2 Å². The van der Waals surface area contributed by atoms with Crippen molar-refractivity contribution in [2.24, 2.45) is 0 Å². The van der Waals surface area contributed by atoms with Crippen LogP contribution in [0.2, 0.25) is 10.0 Å². The zero-order valence-electron chi connectivity index (χ0n) is 19.0. The maximum Gasteiger partial charge on any atom is 0.303 e. The molecule has 8 nitrogen and oxygen atoms in total. The van der Waals surface area contributed by atoms with Gasteiger partial charge >= 0.3 is 5.97 Å². The standard InChI is InChI=1S/C22H25Cl3O8S2/c1-3-34(27,28)14-17(33-15(2)26)13-32-22-20(24)11-19(12-21(22)25)35(29,30)18-7-5-16(6-8-18)31-10-4-9-23/h5-8,11-12,17H,3-4,9-10,13-14H2,1-2H3/t17-/m0/s1. The van der Waals surface area contributed by atoms with Crippen molar-refractivity contribution in [1.29, 1.82) is 0 Å². The molecule has 0 aliphatic carbocycles. The van der Waals surface area contributed by atoms with Crippen LogP contribution in [0.4, 0.5) is 0 Å². The predicted molar refractivity (Wildman–Crippen MR) is 135 cm³/mol. The molecule has 0 spiro atoms. The highest BCUT2D eigenvalue weighted by Gasteiger charge is 2.25. The topological polar surface area (TPSA) is 113 Å². The van der Waals surface area contributed by atoms with Gasteiger partial charge in [-0.25, -0.2) is 16.8 Å². The van der Waals surface area contributed by atoms with E-state index in [1.807, 2.05) is 0 Å². The summed E-state index contributed by atoms with van der Waals surface area (Å²) in [5.74, 6) is -0.382. The Bertz CT molecular complexity index is 1210. The molecule has 2 aromatic carbocycles. The van der Waals surface area contributed by atoms with Crippen LogP contribution in [0, 0.1) is 0 Å². The van der Waals surface area contributed by atoms with E-state index >= 15 is 0 Å². The molecule has 0 saturated carbocycles. The number of sulfone groups is 2. The molecule has 0 aromatic heterocycles. The van der Waals surface area contributed by atoms with Crippen molar-refractivity contribution < 1.29 is 35.8 Å². The van der Waals surface area contributed by atoms with Crippen LogP contribution >= 0.6 is 34.8 Å². The Morgan fingerprint density at radius 1 is 0.971 bits per heavy atom. The lowest BCUT2D eigenvalue weighted by molar-refractivity contribution is -0.146. The Kier molecular flexibility index (Phi) is 11.0. The Labute approximate surface area is 220 Å². The summed E-state index contributed by atoms with van der Waals surface area (Å²) < 4.78 is 66.0. The highest BCUT2D eigenvalue weighted by atomic mass is 35.5. The smallest absolute Gasteiger partial charge is 0.303 e. The van der Waals surface area contributed by atoms with E-state index in [0.717, 1.165) is 6.92 Å². The molecule has 0 fully saturated rings. The lowest BCUT2D eigenvalue weighted by atomic mass is 10.3. The van der Waals surface area contributed by atoms with Crippen molar-refractivity contribution in [3.63, 3.8) is 0 Å². The summed E-state index contributed by atoms with van der Waals surface area (Å²) in [5, 5.41) is -0.228. The molecule has 2 aromatic rings. The largest absolute Gasteiger partial charge is 0.494 e. The molecule has 2 rings (SSSR count). The molecular formula is C22H25Cl3O8S2. The monoisotopic (exact) mass is 586 g/mol. The molecule has 0 bridgehead atoms. The van der Waals surface area contributed by atoms with E-state index in [2.05, 4.69) is 0 Å². The first-order valence-electron chi connectivity index (χ1n) is 10.4. The maximum atomic E-state index is 13.1. The van der Waals surface area contributed by atoms with Crippen LogP contribution in [0.15, 0.2) is 46.2 Å². The SMILES string of the molecule is CCS(=O)(=O)C[C@H](COc1c(Cl)cc(S(=O)(=O)c2ccc(OCCCCl)cc2)cc1Cl)OC(C)=O. The van der Waals surface area contributed by atoms with Crippen LogP contribution in [0.5, 0.6) is 11.5 Å². The molecule has 0 aliphatic heterocycles. The minimum atomic E-state index is -3.97. The van der Waals surface area contributed by atoms with Gasteiger partial charge in [0, 0.05) is 18.6 Å². The van der Waals surface area contributed by atoms with Crippen LogP contribution in [-0.4, -0.2) is 59.5 Å². The molecule has 1 atom stereocenters. The summed E-state index contributed by atoms with van der Waals surface area (Å²) in [5.41, 5.74) is 0. The molecular weight excluding hydrogens is 563 g/mol. The highest BCUT2D eigenvalue weighted by molar-refractivity contribution is 7.91. The summed E-state index contributed by atoms with van der Waals surface area (Å²) >= 11 is 18.1. The van der Waals surface area contributed by atoms with E-state index in [-0.39, 0.29) is 37.9 Å². The van der Waals surface area contributed by atoms with Gasteiger partial charge in [0.05, 0.1) is 32.2 Å². The Morgan fingerprint density at radius 2 is 1.57 bits per heavy atom. The number of carbonyl (C=O) groups is 1. The van der Waals surface area contributed by atoms with Crippen molar-refractivity contribution >= 4 is 60.4 Å². The van der Waals surface area contributed by atoms with Crippen molar-refractivity contribution in [3.05, 3.63) is 46.4 Å². The summed E-state index contributed by atoms with van der Waals surface area (Å²) in [6, 6.07) is 8.20. The van der Waals surface area contributed by atoms with E-state index < -0.39 is 37.5 Å². The number of alkyl halides is 1. The van der Waals surface area contributed by atoms with Gasteiger partial charge in [-0.05, 0) is 42.8 Å². The fraction of sp³-hybridized carbons (Fsp3) is 0.409. The van der Waals surface area contributed by atoms with E-state index in [4.69, 9.17) is 49.0 Å². The first kappa shape index (κ1) is 29.5. The second-order valence-corrected chi connectivity index (χ2v) is 12.9. The molecule has 35 heavy (non-hydrogen) atoms. The van der Waals surface area contributed by atoms with Gasteiger partial charge in [0.15, 0.2) is 15.6 Å². The van der Waals surface area contributed by atoms with Gasteiger partial charge in [-0.2, -0.15) is 0 Å². The number of hydrogen-bond donors (Lipinski definition) is 0. The van der Waals surface area contributed by atoms with Gasteiger partial charge in [0.2, 0.25) is 9.84 Å². The Hall–Kier alpha value is -1.72. The zero-order chi connectivity index (χ0) is 26.2. The number of benzene rings is 2. The fourth-order valence-electron chi connectivity index (χ4n) is 2.85. The lowest BCUT2D eigenvalue weighted by Crippen LogP contribution is -2.32. The average Bonchev–Trinajstić information content (AvgIpc) is 2.78. The molecule has 194 valence electrons. The van der Waals surface area contributed by atoms with E-state index in [0.29, 0.717) is 24.7 Å². The van der Waals surface area contributed by atoms with E-state index in [9.17, 15) is 21.6 Å². The second kappa shape index (κ2) is 13.0. The zero-order valence-corrected chi connectivity index (χ0v) is 22.9. The van der Waals surface area contributed by atoms with Crippen molar-refractivity contribution in [1.82, 2.24) is 0 Å². The maximum absolute atomic E-state index is 13.1. The highest BCUT2D eigenvalue weighted by Crippen LogP contribution is 2.37. The number of hydrogen-bond acceptors (Lipinski definition) is 8. The molecule has 0 unspecified atom stereocenters. The first-order valence-corrected chi connectivity index (χ1v) is 15.0. The van der Waals surface area contributed by atoms with E-state index in [1.165, 1.54) is 43.3 Å². The van der Waals surface area contributed by atoms with Crippen molar-refractivity contribution in [2.45, 2.75) is 36.2 Å². The Balaban J connectivity index is 2.22. The van der Waals surface area contributed by atoms with Crippen LogP contribution in [0.1, 0.15) is 20.3 Å². The quantitative estimate of drug-likeness (QED) is 0.190. The summed E-state index contributed by atoms with van der Waals surface area (Å²) in [7, 11) is -7.44. The van der Waals surface area contributed by atoms with Gasteiger partial charge in [0.1, 0.15) is 18.5 Å². The summed E-state index contributed by atoms with van der Waals surface area (Å²) in [6.45, 7) is 2.67. The van der Waals surface area contributed by atoms with Gasteiger partial charge < -0.3 is 14.2 Å². The minimum absolute atomic E-state index is 0.00249. The van der Waals surface area contributed by atoms with Gasteiger partial charge in [-0.3, -0.25) is 4.79 Å². The van der Waals surface area contributed by atoms with Gasteiger partial charge in [-0.1, -0.05) is 30.1 Å². The lowest BCUT2D eigenvalue weighted by Gasteiger charge is -2.19. The van der Waals surface area contributed by atoms with Crippen LogP contribution in [0.25, 0.3) is 0 Å². The fourth-order valence-corrected chi connectivity index (χ4v) is 5.97. The first-order chi connectivity index (χ1) is 16.4. The average molecular weight is 588 g/mol. The second-order valence-electron chi connectivity index (χ2n) is 7.32. The molecule has 0 N–H and O–H groups in total. The number of rotatable bonds is 13. The van der Waals surface area contributed by atoms with Crippen LogP contribution in [0.3, 0.4) is 0 Å². The predicted octanol–water partition coefficient (Wildman–Crippen LogP) is 4.58. The number of carbonyl (C=O) groups excluding carboxylic acids is 1. The third kappa shape index (κ3) is 8.71. The third-order valence-electron chi connectivity index (χ3n) is 4.59. The molecule has 0 saturated heterocycles. The van der Waals surface area contributed by atoms with Crippen molar-refractivity contribution in [3.8, 4) is 11.5 Å². The normalized spacial score (nSPS) is 12.7. The molecule has 13 heteroatoms. The summed E-state index contributed by atoms with van der Waals surface area (Å²) in [4.78, 5) is 11.2.